The Kier molecular flexibility index (Phi) is 4.91. The molecule has 2 N–H and O–H groups in total. The van der Waals surface area contributed by atoms with Gasteiger partial charge in [-0.1, -0.05) is 6.92 Å². The summed E-state index contributed by atoms with van der Waals surface area (Å²) >= 11 is 0. The molecule has 8 atom stereocenters. The summed E-state index contributed by atoms with van der Waals surface area (Å²) in [5, 5.41) is 21.0. The van der Waals surface area contributed by atoms with Crippen molar-refractivity contribution in [2.45, 2.75) is 96.6 Å². The third-order valence-electron chi connectivity index (χ3n) is 9.06. The van der Waals surface area contributed by atoms with Gasteiger partial charge in [-0.05, 0) is 112 Å². The largest absolute Gasteiger partial charge is 0.417 e. The van der Waals surface area contributed by atoms with E-state index in [1.165, 1.54) is 32.1 Å². The molecule has 0 aromatic rings. The lowest BCUT2D eigenvalue weighted by molar-refractivity contribution is -0.155. The van der Waals surface area contributed by atoms with Gasteiger partial charge in [-0.2, -0.15) is 0 Å². The van der Waals surface area contributed by atoms with E-state index in [-0.39, 0.29) is 23.0 Å². The molecule has 26 heavy (non-hydrogen) atoms. The zero-order valence-corrected chi connectivity index (χ0v) is 18.3. The highest BCUT2D eigenvalue weighted by Crippen LogP contribution is 2.66. The van der Waals surface area contributed by atoms with Crippen LogP contribution in [0.3, 0.4) is 0 Å². The Morgan fingerprint density at radius 2 is 1.69 bits per heavy atom. The Morgan fingerprint density at radius 1 is 0.923 bits per heavy atom. The first kappa shape index (κ1) is 19.4. The van der Waals surface area contributed by atoms with Gasteiger partial charge in [0.25, 0.3) is 0 Å². The fourth-order valence-electron chi connectivity index (χ4n) is 7.63. The second-order valence-electron chi connectivity index (χ2n) is 11.4. The van der Waals surface area contributed by atoms with Crippen molar-refractivity contribution >= 4 is 8.32 Å². The van der Waals surface area contributed by atoms with Crippen molar-refractivity contribution in [2.75, 3.05) is 6.61 Å². The quantitative estimate of drug-likeness (QED) is 0.705. The first-order valence-corrected chi connectivity index (χ1v) is 14.6. The van der Waals surface area contributed by atoms with Gasteiger partial charge in [-0.3, -0.25) is 0 Å². The van der Waals surface area contributed by atoms with Crippen molar-refractivity contribution in [3.63, 3.8) is 0 Å². The molecular formula is C22H40O3Si. The van der Waals surface area contributed by atoms with Crippen molar-refractivity contribution in [2.24, 2.45) is 34.5 Å². The van der Waals surface area contributed by atoms with Gasteiger partial charge in [0, 0.05) is 6.61 Å². The monoisotopic (exact) mass is 380 g/mol. The zero-order valence-electron chi connectivity index (χ0n) is 17.3. The number of fused-ring (bicyclic) bond motifs is 5. The molecule has 4 aliphatic rings. The minimum atomic E-state index is -1.55. The van der Waals surface area contributed by atoms with Crippen LogP contribution in [0.15, 0.2) is 0 Å². The molecule has 4 aliphatic carbocycles. The van der Waals surface area contributed by atoms with Gasteiger partial charge in [0.05, 0.1) is 12.2 Å². The second-order valence-corrected chi connectivity index (χ2v) is 15.9. The smallest absolute Gasteiger partial charge is 0.183 e. The number of rotatable bonds is 3. The Labute approximate surface area is 161 Å². The van der Waals surface area contributed by atoms with Crippen LogP contribution < -0.4 is 0 Å². The summed E-state index contributed by atoms with van der Waals surface area (Å²) in [6, 6.07) is 0. The Morgan fingerprint density at radius 3 is 2.42 bits per heavy atom. The molecule has 0 saturated heterocycles. The molecule has 4 heteroatoms. The van der Waals surface area contributed by atoms with Crippen molar-refractivity contribution in [3.05, 3.63) is 0 Å². The fraction of sp³-hybridized carbons (Fsp3) is 1.00. The van der Waals surface area contributed by atoms with Crippen molar-refractivity contribution in [1.29, 1.82) is 0 Å². The van der Waals surface area contributed by atoms with E-state index in [0.717, 1.165) is 44.1 Å². The molecule has 4 fully saturated rings. The Balaban J connectivity index is 1.63. The van der Waals surface area contributed by atoms with Crippen LogP contribution in [0.25, 0.3) is 0 Å². The summed E-state index contributed by atoms with van der Waals surface area (Å²) in [4.78, 5) is 0. The van der Waals surface area contributed by atoms with Crippen LogP contribution in [0.2, 0.25) is 19.6 Å². The standard InChI is InChI=1S/C22H40O3Si/c1-21-11-10-19-17(18(21)7-8-20(21)24)6-5-15-13-16(23)9-12-22(15,19)14-25-26(2,3)4/h15-20,23-24H,5-14H2,1-4H3/t15?,16?,17-,18-,19+,20?,21-,22+/m0/s1. The molecule has 0 spiro atoms. The van der Waals surface area contributed by atoms with Gasteiger partial charge < -0.3 is 14.6 Å². The molecule has 4 saturated carbocycles. The number of aliphatic hydroxyl groups excluding tert-OH is 2. The Hall–Kier alpha value is 0.0969. The van der Waals surface area contributed by atoms with Crippen LogP contribution in [0, 0.1) is 34.5 Å². The van der Waals surface area contributed by atoms with Crippen LogP contribution in [0.4, 0.5) is 0 Å². The highest BCUT2D eigenvalue weighted by atomic mass is 28.4. The van der Waals surface area contributed by atoms with E-state index in [2.05, 4.69) is 26.6 Å². The summed E-state index contributed by atoms with van der Waals surface area (Å²) in [7, 11) is -1.55. The average Bonchev–Trinajstić information content (AvgIpc) is 2.88. The fourth-order valence-corrected chi connectivity index (χ4v) is 8.33. The van der Waals surface area contributed by atoms with Gasteiger partial charge in [0.15, 0.2) is 8.32 Å². The lowest BCUT2D eigenvalue weighted by atomic mass is 9.44. The number of hydrogen-bond donors (Lipinski definition) is 2. The second kappa shape index (κ2) is 6.57. The molecule has 0 aromatic heterocycles. The lowest BCUT2D eigenvalue weighted by Gasteiger charge is -2.61. The number of hydrogen-bond acceptors (Lipinski definition) is 3. The summed E-state index contributed by atoms with van der Waals surface area (Å²) in [6.45, 7) is 10.2. The van der Waals surface area contributed by atoms with Crippen molar-refractivity contribution < 1.29 is 14.6 Å². The van der Waals surface area contributed by atoms with Crippen LogP contribution in [-0.2, 0) is 4.43 Å². The van der Waals surface area contributed by atoms with Crippen molar-refractivity contribution in [3.8, 4) is 0 Å². The predicted octanol–water partition coefficient (Wildman–Crippen LogP) is 4.58. The van der Waals surface area contributed by atoms with Gasteiger partial charge in [0.2, 0.25) is 0 Å². The molecular weight excluding hydrogens is 340 g/mol. The molecule has 0 bridgehead atoms. The van der Waals surface area contributed by atoms with E-state index in [4.69, 9.17) is 4.43 Å². The maximum Gasteiger partial charge on any atom is 0.183 e. The molecule has 0 amide bonds. The van der Waals surface area contributed by atoms with Gasteiger partial charge in [-0.25, -0.2) is 0 Å². The normalized spacial score (nSPS) is 51.5. The van der Waals surface area contributed by atoms with E-state index in [9.17, 15) is 10.2 Å². The third kappa shape index (κ3) is 3.03. The molecule has 3 unspecified atom stereocenters. The molecule has 0 heterocycles. The first-order valence-electron chi connectivity index (χ1n) is 11.2. The van der Waals surface area contributed by atoms with Gasteiger partial charge in [0.1, 0.15) is 0 Å². The van der Waals surface area contributed by atoms with Crippen LogP contribution in [0.5, 0.6) is 0 Å². The highest BCUT2D eigenvalue weighted by Gasteiger charge is 2.61. The van der Waals surface area contributed by atoms with E-state index >= 15 is 0 Å². The van der Waals surface area contributed by atoms with Crippen LogP contribution >= 0.6 is 0 Å². The zero-order chi connectivity index (χ0) is 18.7. The minimum absolute atomic E-state index is 0.0893. The molecule has 0 radical (unpaired) electrons. The molecule has 150 valence electrons. The molecule has 4 rings (SSSR count). The minimum Gasteiger partial charge on any atom is -0.417 e. The van der Waals surface area contributed by atoms with E-state index in [1.54, 1.807) is 0 Å². The van der Waals surface area contributed by atoms with Gasteiger partial charge in [-0.15, -0.1) is 0 Å². The van der Waals surface area contributed by atoms with E-state index in [1.807, 2.05) is 0 Å². The van der Waals surface area contributed by atoms with Crippen LogP contribution in [-0.4, -0.2) is 37.3 Å². The first-order chi connectivity index (χ1) is 12.2. The molecule has 0 aliphatic heterocycles. The maximum atomic E-state index is 10.7. The Bertz CT molecular complexity index is 532. The summed E-state index contributed by atoms with van der Waals surface area (Å²) in [6.07, 6.45) is 10.1. The average molecular weight is 381 g/mol. The topological polar surface area (TPSA) is 49.7 Å². The van der Waals surface area contributed by atoms with Gasteiger partial charge >= 0.3 is 0 Å². The van der Waals surface area contributed by atoms with E-state index < -0.39 is 8.32 Å². The summed E-state index contributed by atoms with van der Waals surface area (Å²) in [5.41, 5.74) is 0.445. The highest BCUT2D eigenvalue weighted by molar-refractivity contribution is 6.69. The van der Waals surface area contributed by atoms with E-state index in [0.29, 0.717) is 11.8 Å². The SMILES string of the molecule is C[C@]12CC[C@@H]3[C@@H](CCC4CC(O)CC[C@@]43CO[Si](C)(C)C)[C@@H]1CCC2O. The van der Waals surface area contributed by atoms with Crippen molar-refractivity contribution in [1.82, 2.24) is 0 Å². The summed E-state index contributed by atoms with van der Waals surface area (Å²) < 4.78 is 6.58. The predicted molar refractivity (Wildman–Crippen MR) is 107 cm³/mol. The summed E-state index contributed by atoms with van der Waals surface area (Å²) in [5.74, 6) is 2.85. The lowest BCUT2D eigenvalue weighted by Crippen LogP contribution is -2.58. The maximum absolute atomic E-state index is 10.7. The van der Waals surface area contributed by atoms with Crippen LogP contribution in [0.1, 0.15) is 64.7 Å². The number of aliphatic hydroxyl groups is 2. The molecule has 3 nitrogen and oxygen atoms in total. The molecule has 0 aromatic carbocycles. The third-order valence-corrected chi connectivity index (χ3v) is 10.1.